The number of hydrogen-bond donors (Lipinski definition) is 1. The third-order valence-corrected chi connectivity index (χ3v) is 4.77. The topological polar surface area (TPSA) is 75.8 Å². The Bertz CT molecular complexity index is 731. The lowest BCUT2D eigenvalue weighted by Crippen LogP contribution is -2.40. The van der Waals surface area contributed by atoms with Crippen LogP contribution in [0.3, 0.4) is 0 Å². The van der Waals surface area contributed by atoms with Gasteiger partial charge in [-0.1, -0.05) is 35.5 Å². The molecule has 1 saturated heterocycles. The average Bonchev–Trinajstić information content (AvgIpc) is 3.34. The van der Waals surface area contributed by atoms with Gasteiger partial charge in [0.15, 0.2) is 11.8 Å². The highest BCUT2D eigenvalue weighted by atomic mass is 16.5. The van der Waals surface area contributed by atoms with Crippen molar-refractivity contribution in [1.29, 1.82) is 0 Å². The first-order valence-corrected chi connectivity index (χ1v) is 10.2. The number of aromatic nitrogens is 2. The maximum Gasteiger partial charge on any atom is 0.226 e. The van der Waals surface area contributed by atoms with Crippen molar-refractivity contribution in [3.8, 4) is 0 Å². The zero-order chi connectivity index (χ0) is 19.6. The van der Waals surface area contributed by atoms with Crippen LogP contribution in [0.1, 0.15) is 37.0 Å². The Morgan fingerprint density at radius 2 is 2.21 bits per heavy atom. The number of guanidine groups is 1. The SMILES string of the molecule is CCNC(=NCCCc1nc(C)no1)N1CCC(COCc2ccccc2)C1. The molecule has 1 N–H and O–H groups in total. The van der Waals surface area contributed by atoms with Gasteiger partial charge in [0.1, 0.15) is 0 Å². The third kappa shape index (κ3) is 6.34. The van der Waals surface area contributed by atoms with E-state index in [1.165, 1.54) is 5.56 Å². The molecule has 7 heteroatoms. The van der Waals surface area contributed by atoms with Crippen molar-refractivity contribution in [2.45, 2.75) is 39.7 Å². The van der Waals surface area contributed by atoms with Crippen LogP contribution in [0.15, 0.2) is 39.8 Å². The van der Waals surface area contributed by atoms with Crippen LogP contribution in [-0.4, -0.2) is 53.8 Å². The van der Waals surface area contributed by atoms with Gasteiger partial charge >= 0.3 is 0 Å². The van der Waals surface area contributed by atoms with Crippen LogP contribution in [0.5, 0.6) is 0 Å². The molecule has 152 valence electrons. The molecule has 0 saturated carbocycles. The van der Waals surface area contributed by atoms with E-state index in [4.69, 9.17) is 14.3 Å². The summed E-state index contributed by atoms with van der Waals surface area (Å²) in [6.45, 7) is 9.04. The molecule has 0 bridgehead atoms. The second-order valence-corrected chi connectivity index (χ2v) is 7.18. The molecule has 0 spiro atoms. The van der Waals surface area contributed by atoms with Crippen molar-refractivity contribution < 1.29 is 9.26 Å². The van der Waals surface area contributed by atoms with E-state index in [1.807, 2.05) is 13.0 Å². The first kappa shape index (κ1) is 20.3. The van der Waals surface area contributed by atoms with Crippen molar-refractivity contribution in [3.05, 3.63) is 47.6 Å². The average molecular weight is 386 g/mol. The molecule has 1 aromatic carbocycles. The largest absolute Gasteiger partial charge is 0.376 e. The maximum atomic E-state index is 5.93. The van der Waals surface area contributed by atoms with Crippen molar-refractivity contribution in [3.63, 3.8) is 0 Å². The summed E-state index contributed by atoms with van der Waals surface area (Å²) in [7, 11) is 0. The van der Waals surface area contributed by atoms with E-state index in [2.05, 4.69) is 51.5 Å². The van der Waals surface area contributed by atoms with Crippen LogP contribution < -0.4 is 5.32 Å². The van der Waals surface area contributed by atoms with Crippen molar-refractivity contribution in [2.24, 2.45) is 10.9 Å². The number of aryl methyl sites for hydroxylation is 2. The number of benzene rings is 1. The Morgan fingerprint density at radius 3 is 2.96 bits per heavy atom. The van der Waals surface area contributed by atoms with Crippen molar-refractivity contribution in [1.82, 2.24) is 20.4 Å². The first-order valence-electron chi connectivity index (χ1n) is 10.2. The molecular weight excluding hydrogens is 354 g/mol. The molecule has 1 aliphatic rings. The van der Waals surface area contributed by atoms with Gasteiger partial charge in [-0.15, -0.1) is 0 Å². The lowest BCUT2D eigenvalue weighted by Gasteiger charge is -2.21. The number of rotatable bonds is 9. The van der Waals surface area contributed by atoms with Gasteiger partial charge in [0, 0.05) is 38.5 Å². The predicted molar refractivity (Wildman–Crippen MR) is 109 cm³/mol. The zero-order valence-electron chi connectivity index (χ0n) is 16.9. The summed E-state index contributed by atoms with van der Waals surface area (Å²) in [6, 6.07) is 10.3. The summed E-state index contributed by atoms with van der Waals surface area (Å²) in [5.74, 6) is 2.92. The van der Waals surface area contributed by atoms with E-state index in [1.54, 1.807) is 0 Å². The maximum absolute atomic E-state index is 5.93. The van der Waals surface area contributed by atoms with Crippen molar-refractivity contribution >= 4 is 5.96 Å². The summed E-state index contributed by atoms with van der Waals surface area (Å²) in [5, 5.41) is 7.23. The molecule has 0 radical (unpaired) electrons. The second kappa shape index (κ2) is 10.8. The molecule has 1 unspecified atom stereocenters. The third-order valence-electron chi connectivity index (χ3n) is 4.77. The van der Waals surface area contributed by atoms with Crippen molar-refractivity contribution in [2.75, 3.05) is 32.8 Å². The lowest BCUT2D eigenvalue weighted by molar-refractivity contribution is 0.0907. The van der Waals surface area contributed by atoms with Gasteiger partial charge in [0.05, 0.1) is 13.2 Å². The summed E-state index contributed by atoms with van der Waals surface area (Å²) >= 11 is 0. The van der Waals surface area contributed by atoms with Crippen LogP contribution in [0.25, 0.3) is 0 Å². The summed E-state index contributed by atoms with van der Waals surface area (Å²) in [6.07, 6.45) is 2.80. The molecular formula is C21H31N5O2. The Kier molecular flexibility index (Phi) is 7.84. The Labute approximate surface area is 167 Å². The van der Waals surface area contributed by atoms with Gasteiger partial charge < -0.3 is 19.5 Å². The van der Waals surface area contributed by atoms with E-state index >= 15 is 0 Å². The standard InChI is InChI=1S/C21H31N5O2/c1-3-22-21(23-12-7-10-20-24-17(2)25-28-20)26-13-11-19(14-26)16-27-15-18-8-5-4-6-9-18/h4-6,8-9,19H,3,7,10-16H2,1-2H3,(H,22,23). The Balaban J connectivity index is 1.40. The van der Waals surface area contributed by atoms with Gasteiger partial charge in [0.25, 0.3) is 0 Å². The molecule has 0 aliphatic carbocycles. The lowest BCUT2D eigenvalue weighted by atomic mass is 10.1. The fourth-order valence-corrected chi connectivity index (χ4v) is 3.36. The Morgan fingerprint density at radius 1 is 1.36 bits per heavy atom. The molecule has 1 fully saturated rings. The highest BCUT2D eigenvalue weighted by Crippen LogP contribution is 2.17. The number of nitrogens with one attached hydrogen (secondary N) is 1. The number of aliphatic imine (C=N–C) groups is 1. The molecule has 2 aromatic rings. The number of likely N-dealkylation sites (tertiary alicyclic amines) is 1. The molecule has 1 aromatic heterocycles. The van der Waals surface area contributed by atoms with E-state index in [9.17, 15) is 0 Å². The first-order chi connectivity index (χ1) is 13.7. The minimum Gasteiger partial charge on any atom is -0.376 e. The highest BCUT2D eigenvalue weighted by Gasteiger charge is 2.24. The number of nitrogens with zero attached hydrogens (tertiary/aromatic N) is 4. The molecule has 1 atom stereocenters. The summed E-state index contributed by atoms with van der Waals surface area (Å²) < 4.78 is 11.1. The second-order valence-electron chi connectivity index (χ2n) is 7.18. The van der Waals surface area contributed by atoms with E-state index in [0.29, 0.717) is 24.2 Å². The van der Waals surface area contributed by atoms with Gasteiger partial charge in [-0.25, -0.2) is 0 Å². The number of ether oxygens (including phenoxy) is 1. The highest BCUT2D eigenvalue weighted by molar-refractivity contribution is 5.80. The molecule has 0 amide bonds. The van der Waals surface area contributed by atoms with Crippen LogP contribution in [0, 0.1) is 12.8 Å². The van der Waals surface area contributed by atoms with Gasteiger partial charge in [0.2, 0.25) is 5.89 Å². The zero-order valence-corrected chi connectivity index (χ0v) is 16.9. The molecule has 7 nitrogen and oxygen atoms in total. The predicted octanol–water partition coefficient (Wildman–Crippen LogP) is 2.81. The van der Waals surface area contributed by atoms with Gasteiger partial charge in [-0.3, -0.25) is 4.99 Å². The smallest absolute Gasteiger partial charge is 0.226 e. The molecule has 28 heavy (non-hydrogen) atoms. The molecule has 2 heterocycles. The van der Waals surface area contributed by atoms with Crippen LogP contribution in [-0.2, 0) is 17.8 Å². The molecule has 1 aliphatic heterocycles. The minimum absolute atomic E-state index is 0.550. The number of hydrogen-bond acceptors (Lipinski definition) is 5. The van der Waals surface area contributed by atoms with Crippen LogP contribution >= 0.6 is 0 Å². The van der Waals surface area contributed by atoms with E-state index < -0.39 is 0 Å². The quantitative estimate of drug-likeness (QED) is 0.406. The van der Waals surface area contributed by atoms with Crippen LogP contribution in [0.2, 0.25) is 0 Å². The fraction of sp³-hybridized carbons (Fsp3) is 0.571. The summed E-state index contributed by atoms with van der Waals surface area (Å²) in [4.78, 5) is 11.4. The fourth-order valence-electron chi connectivity index (χ4n) is 3.36. The van der Waals surface area contributed by atoms with Gasteiger partial charge in [-0.2, -0.15) is 4.98 Å². The summed E-state index contributed by atoms with van der Waals surface area (Å²) in [5.41, 5.74) is 1.23. The van der Waals surface area contributed by atoms with E-state index in [0.717, 1.165) is 58.0 Å². The van der Waals surface area contributed by atoms with Crippen LogP contribution in [0.4, 0.5) is 0 Å². The molecule has 3 rings (SSSR count). The normalized spacial score (nSPS) is 17.3. The monoisotopic (exact) mass is 385 g/mol. The van der Waals surface area contributed by atoms with E-state index in [-0.39, 0.29) is 0 Å². The Hall–Kier alpha value is -2.41. The van der Waals surface area contributed by atoms with Gasteiger partial charge in [-0.05, 0) is 32.3 Å². The minimum atomic E-state index is 0.550.